The number of halogens is 1. The Morgan fingerprint density at radius 2 is 2.18 bits per heavy atom. The third kappa shape index (κ3) is 3.60. The van der Waals surface area contributed by atoms with E-state index in [0.29, 0.717) is 11.7 Å². The average molecular weight is 257 g/mol. The Bertz CT molecular complexity index is 407. The largest absolute Gasteiger partial charge is 0.476 e. The number of hydrogen-bond donors (Lipinski definition) is 2. The van der Waals surface area contributed by atoms with Crippen molar-refractivity contribution in [3.8, 4) is 0 Å². The van der Waals surface area contributed by atoms with Gasteiger partial charge in [0.05, 0.1) is 5.02 Å². The summed E-state index contributed by atoms with van der Waals surface area (Å²) in [7, 11) is 0. The van der Waals surface area contributed by atoms with E-state index in [1.807, 2.05) is 0 Å². The second-order valence-electron chi connectivity index (χ2n) is 4.24. The smallest absolute Gasteiger partial charge is 0.356 e. The lowest BCUT2D eigenvalue weighted by Gasteiger charge is -2.21. The first kappa shape index (κ1) is 13.8. The van der Waals surface area contributed by atoms with E-state index < -0.39 is 5.97 Å². The molecule has 0 aliphatic rings. The number of aromatic nitrogens is 1. The zero-order chi connectivity index (χ0) is 13.0. The van der Waals surface area contributed by atoms with Crippen LogP contribution in [0.1, 0.15) is 37.7 Å². The van der Waals surface area contributed by atoms with Gasteiger partial charge in [-0.15, -0.1) is 0 Å². The van der Waals surface area contributed by atoms with Gasteiger partial charge in [-0.05, 0) is 24.5 Å². The number of hydrogen-bond acceptors (Lipinski definition) is 3. The maximum Gasteiger partial charge on any atom is 0.356 e. The van der Waals surface area contributed by atoms with Crippen molar-refractivity contribution in [2.45, 2.75) is 33.2 Å². The molecule has 0 aliphatic heterocycles. The molecule has 0 saturated carbocycles. The summed E-state index contributed by atoms with van der Waals surface area (Å²) in [5.41, 5.74) is -0.115. The first-order valence-corrected chi connectivity index (χ1v) is 5.99. The van der Waals surface area contributed by atoms with E-state index >= 15 is 0 Å². The average Bonchev–Trinajstić information content (AvgIpc) is 2.27. The summed E-state index contributed by atoms with van der Waals surface area (Å²) in [6.07, 6.45) is 0.949. The van der Waals surface area contributed by atoms with Crippen LogP contribution >= 0.6 is 11.6 Å². The van der Waals surface area contributed by atoms with Crippen molar-refractivity contribution in [2.24, 2.45) is 5.92 Å². The molecule has 0 amide bonds. The summed E-state index contributed by atoms with van der Waals surface area (Å²) in [6, 6.07) is 3.51. The summed E-state index contributed by atoms with van der Waals surface area (Å²) < 4.78 is 0. The van der Waals surface area contributed by atoms with Gasteiger partial charge in [0.1, 0.15) is 5.82 Å². The second kappa shape index (κ2) is 5.87. The van der Waals surface area contributed by atoms with Gasteiger partial charge in [-0.2, -0.15) is 0 Å². The number of pyridine rings is 1. The maximum absolute atomic E-state index is 10.9. The van der Waals surface area contributed by atoms with Crippen LogP contribution in [-0.2, 0) is 0 Å². The van der Waals surface area contributed by atoms with Crippen LogP contribution in [0.15, 0.2) is 12.1 Å². The van der Waals surface area contributed by atoms with Crippen molar-refractivity contribution in [3.05, 3.63) is 22.8 Å². The van der Waals surface area contributed by atoms with Gasteiger partial charge in [-0.25, -0.2) is 9.78 Å². The van der Waals surface area contributed by atoms with Crippen LogP contribution in [0.2, 0.25) is 5.02 Å². The third-order valence-electron chi connectivity index (χ3n) is 2.63. The molecule has 0 radical (unpaired) electrons. The van der Waals surface area contributed by atoms with E-state index in [1.54, 1.807) is 12.1 Å². The van der Waals surface area contributed by atoms with Crippen molar-refractivity contribution >= 4 is 23.4 Å². The summed E-state index contributed by atoms with van der Waals surface area (Å²) in [5.74, 6) is -0.116. The number of aromatic carboxylic acids is 1. The fourth-order valence-corrected chi connectivity index (χ4v) is 1.79. The monoisotopic (exact) mass is 256 g/mol. The van der Waals surface area contributed by atoms with E-state index in [9.17, 15) is 4.79 Å². The predicted octanol–water partition coefficient (Wildman–Crippen LogP) is 3.28. The van der Waals surface area contributed by atoms with E-state index in [2.05, 4.69) is 31.1 Å². The standard InChI is InChI=1S/C12H17ClN2O2/c1-4-9(7(2)3)14-10-6-5-8(13)11(15-10)12(16)17/h5-7,9H,4H2,1-3H3,(H,14,15)(H,16,17). The van der Waals surface area contributed by atoms with Gasteiger partial charge < -0.3 is 10.4 Å². The highest BCUT2D eigenvalue weighted by Gasteiger charge is 2.15. The van der Waals surface area contributed by atoms with Gasteiger partial charge in [0.15, 0.2) is 5.69 Å². The van der Waals surface area contributed by atoms with Crippen molar-refractivity contribution in [1.29, 1.82) is 0 Å². The Balaban J connectivity index is 2.92. The Morgan fingerprint density at radius 1 is 1.53 bits per heavy atom. The molecule has 94 valence electrons. The third-order valence-corrected chi connectivity index (χ3v) is 2.93. The Morgan fingerprint density at radius 3 is 2.65 bits per heavy atom. The molecule has 0 bridgehead atoms. The van der Waals surface area contributed by atoms with Gasteiger partial charge in [0, 0.05) is 6.04 Å². The van der Waals surface area contributed by atoms with Crippen LogP contribution in [0.4, 0.5) is 5.82 Å². The van der Waals surface area contributed by atoms with Crippen LogP contribution in [0.5, 0.6) is 0 Å². The molecule has 0 aliphatic carbocycles. The van der Waals surface area contributed by atoms with Gasteiger partial charge in [-0.1, -0.05) is 32.4 Å². The maximum atomic E-state index is 10.9. The minimum absolute atomic E-state index is 0.115. The topological polar surface area (TPSA) is 62.2 Å². The van der Waals surface area contributed by atoms with Gasteiger partial charge in [0.2, 0.25) is 0 Å². The Kier molecular flexibility index (Phi) is 4.75. The first-order chi connectivity index (χ1) is 7.95. The van der Waals surface area contributed by atoms with Crippen LogP contribution in [0, 0.1) is 5.92 Å². The molecule has 1 aromatic heterocycles. The van der Waals surface area contributed by atoms with E-state index in [1.165, 1.54) is 0 Å². The number of nitrogens with one attached hydrogen (secondary N) is 1. The van der Waals surface area contributed by atoms with Crippen LogP contribution in [-0.4, -0.2) is 22.1 Å². The molecule has 17 heavy (non-hydrogen) atoms. The minimum Gasteiger partial charge on any atom is -0.476 e. The molecule has 1 heterocycles. The highest BCUT2D eigenvalue weighted by atomic mass is 35.5. The van der Waals surface area contributed by atoms with Crippen molar-refractivity contribution in [2.75, 3.05) is 5.32 Å². The molecule has 0 spiro atoms. The van der Waals surface area contributed by atoms with E-state index in [4.69, 9.17) is 16.7 Å². The number of anilines is 1. The first-order valence-electron chi connectivity index (χ1n) is 5.62. The number of nitrogens with zero attached hydrogens (tertiary/aromatic N) is 1. The van der Waals surface area contributed by atoms with Crippen molar-refractivity contribution in [1.82, 2.24) is 4.98 Å². The molecule has 4 nitrogen and oxygen atoms in total. The molecule has 5 heteroatoms. The lowest BCUT2D eigenvalue weighted by molar-refractivity contribution is 0.0691. The van der Waals surface area contributed by atoms with Crippen LogP contribution in [0.25, 0.3) is 0 Å². The highest BCUT2D eigenvalue weighted by Crippen LogP contribution is 2.19. The molecule has 0 fully saturated rings. The number of carboxylic acid groups (broad SMARTS) is 1. The number of rotatable bonds is 5. The van der Waals surface area contributed by atoms with Gasteiger partial charge >= 0.3 is 5.97 Å². The normalized spacial score (nSPS) is 12.5. The lowest BCUT2D eigenvalue weighted by Crippen LogP contribution is -2.25. The number of carboxylic acids is 1. The molecule has 0 aromatic carbocycles. The summed E-state index contributed by atoms with van der Waals surface area (Å²) in [4.78, 5) is 14.9. The van der Waals surface area contributed by atoms with E-state index in [-0.39, 0.29) is 16.8 Å². The van der Waals surface area contributed by atoms with Crippen molar-refractivity contribution < 1.29 is 9.90 Å². The Hall–Kier alpha value is -1.29. The zero-order valence-electron chi connectivity index (χ0n) is 10.2. The lowest BCUT2D eigenvalue weighted by atomic mass is 10.0. The minimum atomic E-state index is -1.11. The molecule has 2 N–H and O–H groups in total. The SMILES string of the molecule is CCC(Nc1ccc(Cl)c(C(=O)O)n1)C(C)C. The zero-order valence-corrected chi connectivity index (χ0v) is 11.0. The molecule has 1 rings (SSSR count). The molecule has 1 aromatic rings. The van der Waals surface area contributed by atoms with Crippen molar-refractivity contribution in [3.63, 3.8) is 0 Å². The molecule has 1 unspecified atom stereocenters. The molecule has 1 atom stereocenters. The fraction of sp³-hybridized carbons (Fsp3) is 0.500. The molecular formula is C12H17ClN2O2. The predicted molar refractivity (Wildman–Crippen MR) is 68.7 cm³/mol. The summed E-state index contributed by atoms with van der Waals surface area (Å²) >= 11 is 5.75. The summed E-state index contributed by atoms with van der Waals surface area (Å²) in [5, 5.41) is 12.3. The van der Waals surface area contributed by atoms with Gasteiger partial charge in [0.25, 0.3) is 0 Å². The fourth-order valence-electron chi connectivity index (χ4n) is 1.60. The summed E-state index contributed by atoms with van der Waals surface area (Å²) in [6.45, 7) is 6.29. The van der Waals surface area contributed by atoms with E-state index in [0.717, 1.165) is 6.42 Å². The van der Waals surface area contributed by atoms with Gasteiger partial charge in [-0.3, -0.25) is 0 Å². The van der Waals surface area contributed by atoms with Crippen LogP contribution in [0.3, 0.4) is 0 Å². The quantitative estimate of drug-likeness (QED) is 0.849. The second-order valence-corrected chi connectivity index (χ2v) is 4.64. The Labute approximate surface area is 106 Å². The van der Waals surface area contributed by atoms with Crippen LogP contribution < -0.4 is 5.32 Å². The molecular weight excluding hydrogens is 240 g/mol. The molecule has 0 saturated heterocycles. The number of carbonyl (C=O) groups is 1. The highest BCUT2D eigenvalue weighted by molar-refractivity contribution is 6.33.